The van der Waals surface area contributed by atoms with Crippen LogP contribution in [-0.4, -0.2) is 61.6 Å². The van der Waals surface area contributed by atoms with E-state index in [1.165, 1.54) is 0 Å². The largest absolute Gasteiger partial charge is 0.481 e. The Hall–Kier alpha value is -2.55. The van der Waals surface area contributed by atoms with Gasteiger partial charge in [0.2, 0.25) is 0 Å². The fourth-order valence-electron chi connectivity index (χ4n) is 10.2. The van der Waals surface area contributed by atoms with Gasteiger partial charge in [-0.3, -0.25) is 4.79 Å². The first-order valence-corrected chi connectivity index (χ1v) is 15.5. The normalized spacial score (nSPS) is 43.6. The third-order valence-corrected chi connectivity index (χ3v) is 11.8. The van der Waals surface area contributed by atoms with E-state index < -0.39 is 52.8 Å². The molecule has 1 N–H and O–H groups in total. The van der Waals surface area contributed by atoms with Gasteiger partial charge in [-0.05, 0) is 67.9 Å². The second kappa shape index (κ2) is 10.6. The van der Waals surface area contributed by atoms with E-state index >= 15 is 0 Å². The Morgan fingerprint density at radius 2 is 1.88 bits per heavy atom. The molecule has 5 aliphatic rings. The van der Waals surface area contributed by atoms with E-state index in [0.717, 1.165) is 24.7 Å². The van der Waals surface area contributed by atoms with Gasteiger partial charge in [0.15, 0.2) is 6.29 Å². The number of carboxylic acid groups (broad SMARTS) is 1. The van der Waals surface area contributed by atoms with Crippen molar-refractivity contribution in [3.8, 4) is 0 Å². The molecule has 6 rings (SSSR count). The number of aliphatic carboxylic acids is 1. The van der Waals surface area contributed by atoms with Gasteiger partial charge < -0.3 is 28.8 Å². The number of hydrogen-bond acceptors (Lipinski definition) is 7. The van der Waals surface area contributed by atoms with Crippen molar-refractivity contribution in [3.05, 3.63) is 47.5 Å². The molecular weight excluding hydrogens is 536 g/mol. The summed E-state index contributed by atoms with van der Waals surface area (Å²) in [5.74, 6) is -0.637. The first kappa shape index (κ1) is 29.5. The molecule has 8 nitrogen and oxygen atoms in total. The summed E-state index contributed by atoms with van der Waals surface area (Å²) in [5.41, 5.74) is -1.66. The number of fused-ring (bicyclic) bond motifs is 2. The molecule has 0 amide bonds. The number of esters is 1. The fraction of sp³-hybridized carbons (Fsp3) is 0.676. The molecule has 0 aromatic heterocycles. The molecule has 228 valence electrons. The Kier molecular flexibility index (Phi) is 7.42. The van der Waals surface area contributed by atoms with Gasteiger partial charge in [-0.1, -0.05) is 57.0 Å². The zero-order chi connectivity index (χ0) is 30.0. The number of aldehydes is 1. The van der Waals surface area contributed by atoms with Crippen LogP contribution < -0.4 is 0 Å². The molecule has 1 heterocycles. The molecule has 4 aliphatic carbocycles. The lowest BCUT2D eigenvalue weighted by atomic mass is 9.43. The number of ether oxygens (including phenoxy) is 4. The summed E-state index contributed by atoms with van der Waals surface area (Å²) in [6, 6.07) is 8.83. The molecule has 1 aromatic rings. The molecule has 8 heteroatoms. The van der Waals surface area contributed by atoms with Gasteiger partial charge in [0, 0.05) is 18.9 Å². The van der Waals surface area contributed by atoms with Crippen molar-refractivity contribution in [2.75, 3.05) is 13.7 Å². The van der Waals surface area contributed by atoms with Crippen molar-refractivity contribution in [1.82, 2.24) is 0 Å². The number of carbonyl (C=O) groups is 3. The topological polar surface area (TPSA) is 108 Å². The van der Waals surface area contributed by atoms with Crippen LogP contribution in [0.25, 0.3) is 0 Å². The summed E-state index contributed by atoms with van der Waals surface area (Å²) in [4.78, 5) is 39.9. The lowest BCUT2D eigenvalue weighted by Crippen LogP contribution is -2.64. The van der Waals surface area contributed by atoms with E-state index in [4.69, 9.17) is 18.9 Å². The Morgan fingerprint density at radius 1 is 1.14 bits per heavy atom. The summed E-state index contributed by atoms with van der Waals surface area (Å²) < 4.78 is 24.4. The average molecular weight is 581 g/mol. The summed E-state index contributed by atoms with van der Waals surface area (Å²) in [6.45, 7) is 8.35. The van der Waals surface area contributed by atoms with Crippen molar-refractivity contribution in [2.24, 2.45) is 45.8 Å². The van der Waals surface area contributed by atoms with Gasteiger partial charge >= 0.3 is 11.9 Å². The lowest BCUT2D eigenvalue weighted by Gasteiger charge is -2.58. The van der Waals surface area contributed by atoms with E-state index in [0.29, 0.717) is 24.3 Å². The number of benzene rings is 1. The SMILES string of the molecule is CO[C@H]1[C@@H](OC(=O)c2ccccc2)C[C@H](OCC23CC4C(C)CCC4C4(C=O)CC2C=C(C(C)C)C43C(=O)O)O[C@@H]1C. The van der Waals surface area contributed by atoms with E-state index in [9.17, 15) is 19.5 Å². The number of carbonyl (C=O) groups excluding carboxylic acids is 2. The number of allylic oxidation sites excluding steroid dienone is 1. The summed E-state index contributed by atoms with van der Waals surface area (Å²) in [7, 11) is 1.57. The smallest absolute Gasteiger partial charge is 0.338 e. The molecule has 4 bridgehead atoms. The van der Waals surface area contributed by atoms with Crippen molar-refractivity contribution in [1.29, 1.82) is 0 Å². The maximum absolute atomic E-state index is 13.7. The highest BCUT2D eigenvalue weighted by atomic mass is 16.7. The average Bonchev–Trinajstić information content (AvgIpc) is 3.54. The third-order valence-electron chi connectivity index (χ3n) is 11.8. The van der Waals surface area contributed by atoms with Gasteiger partial charge in [-0.2, -0.15) is 0 Å². The zero-order valence-corrected chi connectivity index (χ0v) is 25.3. The molecule has 3 saturated carbocycles. The van der Waals surface area contributed by atoms with Gasteiger partial charge in [0.25, 0.3) is 0 Å². The number of carboxylic acids is 1. The van der Waals surface area contributed by atoms with Gasteiger partial charge in [-0.25, -0.2) is 4.79 Å². The standard InChI is InChI=1S/C34H44O8/c1-19(2)26-13-23-15-32(17-35)25-12-11-20(3)24(25)16-33(23,34(26,32)31(37)38)18-40-28-14-27(29(39-5)21(4)41-28)42-30(36)22-9-7-6-8-10-22/h6-10,13,17,19-21,23-25,27-29H,11-12,14-16,18H2,1-5H3,(H,37,38)/t20?,21-,23?,24?,25?,27+,28-,29-,32?,33?,34?/m1/s1. The van der Waals surface area contributed by atoms with Crippen molar-refractivity contribution in [2.45, 2.75) is 84.4 Å². The second-order valence-corrected chi connectivity index (χ2v) is 13.8. The van der Waals surface area contributed by atoms with Crippen molar-refractivity contribution >= 4 is 18.2 Å². The predicted molar refractivity (Wildman–Crippen MR) is 153 cm³/mol. The van der Waals surface area contributed by atoms with Crippen LogP contribution in [0.1, 0.15) is 70.2 Å². The van der Waals surface area contributed by atoms with Crippen LogP contribution in [0.2, 0.25) is 0 Å². The maximum Gasteiger partial charge on any atom is 0.338 e. The Balaban J connectivity index is 1.31. The molecule has 1 saturated heterocycles. The Labute approximate surface area is 248 Å². The molecule has 0 spiro atoms. The predicted octanol–water partition coefficient (Wildman–Crippen LogP) is 5.30. The minimum Gasteiger partial charge on any atom is -0.481 e. The van der Waals surface area contributed by atoms with Gasteiger partial charge in [0.1, 0.15) is 23.9 Å². The summed E-state index contributed by atoms with van der Waals surface area (Å²) in [6.07, 6.45) is 4.42. The van der Waals surface area contributed by atoms with Crippen molar-refractivity contribution < 1.29 is 38.4 Å². The fourth-order valence-corrected chi connectivity index (χ4v) is 10.2. The molecule has 4 fully saturated rings. The number of methoxy groups -OCH3 is 1. The van der Waals surface area contributed by atoms with E-state index in [2.05, 4.69) is 13.0 Å². The number of hydrogen-bond donors (Lipinski definition) is 1. The first-order chi connectivity index (χ1) is 20.1. The van der Waals surface area contributed by atoms with Crippen LogP contribution in [0.4, 0.5) is 0 Å². The van der Waals surface area contributed by atoms with E-state index in [1.54, 1.807) is 31.4 Å². The minimum atomic E-state index is -1.31. The quantitative estimate of drug-likeness (QED) is 0.238. The van der Waals surface area contributed by atoms with Crippen LogP contribution in [0.5, 0.6) is 0 Å². The molecule has 0 radical (unpaired) electrons. The molecule has 42 heavy (non-hydrogen) atoms. The minimum absolute atomic E-state index is 0.00401. The van der Waals surface area contributed by atoms with Crippen LogP contribution in [-0.2, 0) is 28.5 Å². The van der Waals surface area contributed by atoms with E-state index in [-0.39, 0.29) is 36.7 Å². The maximum atomic E-state index is 13.7. The van der Waals surface area contributed by atoms with Crippen molar-refractivity contribution in [3.63, 3.8) is 0 Å². The second-order valence-electron chi connectivity index (χ2n) is 13.8. The first-order valence-electron chi connectivity index (χ1n) is 15.5. The monoisotopic (exact) mass is 580 g/mol. The van der Waals surface area contributed by atoms with Gasteiger partial charge in [0.05, 0.1) is 23.7 Å². The van der Waals surface area contributed by atoms with E-state index in [1.807, 2.05) is 26.8 Å². The zero-order valence-electron chi connectivity index (χ0n) is 25.3. The number of rotatable bonds is 9. The Morgan fingerprint density at radius 3 is 2.52 bits per heavy atom. The molecule has 1 aliphatic heterocycles. The highest BCUT2D eigenvalue weighted by Crippen LogP contribution is 2.82. The van der Waals surface area contributed by atoms with Gasteiger partial charge in [-0.15, -0.1) is 0 Å². The molecule has 7 unspecified atom stereocenters. The van der Waals surface area contributed by atoms with Crippen LogP contribution in [0, 0.1) is 45.8 Å². The van der Waals surface area contributed by atoms with Crippen LogP contribution >= 0.6 is 0 Å². The molecule has 1 aromatic carbocycles. The third kappa shape index (κ3) is 3.87. The lowest BCUT2D eigenvalue weighted by molar-refractivity contribution is -0.266. The molecule has 11 atom stereocenters. The Bertz CT molecular complexity index is 1260. The van der Waals surface area contributed by atoms with Crippen LogP contribution in [0.15, 0.2) is 42.0 Å². The highest BCUT2D eigenvalue weighted by molar-refractivity contribution is 5.90. The molecular formula is C34H44O8. The highest BCUT2D eigenvalue weighted by Gasteiger charge is 2.84. The summed E-state index contributed by atoms with van der Waals surface area (Å²) >= 11 is 0. The summed E-state index contributed by atoms with van der Waals surface area (Å²) in [5, 5.41) is 11.2. The van der Waals surface area contributed by atoms with Crippen LogP contribution in [0.3, 0.4) is 0 Å².